The molecule has 0 fully saturated rings. The molecule has 2 aromatic carbocycles. The summed E-state index contributed by atoms with van der Waals surface area (Å²) >= 11 is 0. The van der Waals surface area contributed by atoms with Crippen LogP contribution in [0.15, 0.2) is 42.5 Å². The molecule has 2 aromatic rings. The molecule has 0 aliphatic heterocycles. The van der Waals surface area contributed by atoms with Crippen LogP contribution in [0.1, 0.15) is 25.0 Å². The lowest BCUT2D eigenvalue weighted by molar-refractivity contribution is 0.258. The molecule has 0 aliphatic carbocycles. The first-order valence-electron chi connectivity index (χ1n) is 7.32. The van der Waals surface area contributed by atoms with Crippen molar-refractivity contribution in [3.05, 3.63) is 59.4 Å². The van der Waals surface area contributed by atoms with Gasteiger partial charge in [-0.15, -0.1) is 0 Å². The quantitative estimate of drug-likeness (QED) is 0.842. The topological polar surface area (TPSA) is 38.7 Å². The minimum Gasteiger partial charge on any atom is -0.493 e. The van der Waals surface area contributed by atoms with Gasteiger partial charge in [0.15, 0.2) is 0 Å². The van der Waals surface area contributed by atoms with E-state index < -0.39 is 0 Å². The van der Waals surface area contributed by atoms with E-state index in [1.165, 1.54) is 6.07 Å². The molecule has 0 spiro atoms. The third-order valence-corrected chi connectivity index (χ3v) is 3.06. The molecule has 0 heterocycles. The molecule has 0 amide bonds. The molecule has 0 unspecified atom stereocenters. The Kier molecular flexibility index (Phi) is 5.78. The fraction of sp³-hybridized carbons (Fsp3) is 0.333. The van der Waals surface area contributed by atoms with Gasteiger partial charge in [-0.05, 0) is 29.7 Å². The average molecular weight is 304 g/mol. The Morgan fingerprint density at radius 1 is 1.05 bits per heavy atom. The first kappa shape index (κ1) is 16.3. The van der Waals surface area contributed by atoms with Crippen LogP contribution in [0, 0.1) is 11.7 Å². The molecule has 3 nitrogen and oxygen atoms in total. The van der Waals surface area contributed by atoms with Crippen LogP contribution in [0.4, 0.5) is 4.39 Å². The molecule has 0 bridgehead atoms. The zero-order valence-electron chi connectivity index (χ0n) is 12.9. The summed E-state index contributed by atoms with van der Waals surface area (Å²) in [7, 11) is 0. The highest BCUT2D eigenvalue weighted by Gasteiger charge is 2.06. The van der Waals surface area contributed by atoms with Gasteiger partial charge in [0.2, 0.25) is 0 Å². The Morgan fingerprint density at radius 2 is 1.73 bits per heavy atom. The van der Waals surface area contributed by atoms with Crippen LogP contribution in [-0.2, 0) is 13.2 Å². The molecule has 0 aliphatic rings. The Labute approximate surface area is 130 Å². The van der Waals surface area contributed by atoms with E-state index in [1.807, 2.05) is 0 Å². The van der Waals surface area contributed by atoms with Crippen LogP contribution in [-0.4, -0.2) is 11.7 Å². The van der Waals surface area contributed by atoms with Gasteiger partial charge in [-0.25, -0.2) is 4.39 Å². The van der Waals surface area contributed by atoms with Gasteiger partial charge in [0.05, 0.1) is 13.2 Å². The van der Waals surface area contributed by atoms with Gasteiger partial charge in [-0.2, -0.15) is 0 Å². The van der Waals surface area contributed by atoms with Crippen molar-refractivity contribution >= 4 is 0 Å². The van der Waals surface area contributed by atoms with E-state index in [-0.39, 0.29) is 19.0 Å². The Morgan fingerprint density at radius 3 is 2.36 bits per heavy atom. The first-order chi connectivity index (χ1) is 10.6. The third-order valence-electron chi connectivity index (χ3n) is 3.06. The maximum atomic E-state index is 13.6. The molecule has 118 valence electrons. The van der Waals surface area contributed by atoms with Crippen molar-refractivity contribution in [1.29, 1.82) is 0 Å². The van der Waals surface area contributed by atoms with Crippen molar-refractivity contribution in [3.8, 4) is 11.5 Å². The van der Waals surface area contributed by atoms with E-state index in [0.717, 1.165) is 0 Å². The average Bonchev–Trinajstić information content (AvgIpc) is 2.52. The van der Waals surface area contributed by atoms with Crippen molar-refractivity contribution in [2.45, 2.75) is 27.1 Å². The monoisotopic (exact) mass is 304 g/mol. The van der Waals surface area contributed by atoms with E-state index >= 15 is 0 Å². The minimum atomic E-state index is -0.294. The molecule has 0 aromatic heterocycles. The van der Waals surface area contributed by atoms with Crippen LogP contribution in [0.3, 0.4) is 0 Å². The zero-order valence-corrected chi connectivity index (χ0v) is 12.9. The van der Waals surface area contributed by atoms with Crippen LogP contribution >= 0.6 is 0 Å². The third kappa shape index (κ3) is 4.74. The number of rotatable bonds is 7. The fourth-order valence-corrected chi connectivity index (χ4v) is 1.93. The van der Waals surface area contributed by atoms with E-state index in [4.69, 9.17) is 9.47 Å². The molecule has 0 saturated heterocycles. The minimum absolute atomic E-state index is 0.102. The van der Waals surface area contributed by atoms with E-state index in [2.05, 4.69) is 13.8 Å². The van der Waals surface area contributed by atoms with Gasteiger partial charge in [0.1, 0.15) is 23.9 Å². The summed E-state index contributed by atoms with van der Waals surface area (Å²) in [4.78, 5) is 0. The molecule has 0 atom stereocenters. The highest BCUT2D eigenvalue weighted by atomic mass is 19.1. The van der Waals surface area contributed by atoms with Gasteiger partial charge in [-0.3, -0.25) is 0 Å². The van der Waals surface area contributed by atoms with Gasteiger partial charge in [-0.1, -0.05) is 32.0 Å². The SMILES string of the molecule is CC(C)COc1cc(CO)cc(OCc2ccccc2F)c1. The predicted octanol–water partition coefficient (Wildman–Crippen LogP) is 3.93. The molecule has 4 heteroatoms. The highest BCUT2D eigenvalue weighted by molar-refractivity contribution is 5.38. The second-order valence-electron chi connectivity index (χ2n) is 5.56. The molecule has 2 rings (SSSR count). The molecule has 0 saturated carbocycles. The van der Waals surface area contributed by atoms with Gasteiger partial charge in [0.25, 0.3) is 0 Å². The van der Waals surface area contributed by atoms with Crippen LogP contribution < -0.4 is 9.47 Å². The summed E-state index contributed by atoms with van der Waals surface area (Å²) in [5.74, 6) is 1.30. The van der Waals surface area contributed by atoms with E-state index in [1.54, 1.807) is 36.4 Å². The second kappa shape index (κ2) is 7.80. The normalized spacial score (nSPS) is 10.8. The lowest BCUT2D eigenvalue weighted by Crippen LogP contribution is -2.05. The fourth-order valence-electron chi connectivity index (χ4n) is 1.93. The number of hydrogen-bond acceptors (Lipinski definition) is 3. The van der Waals surface area contributed by atoms with Crippen LogP contribution in [0.25, 0.3) is 0 Å². The van der Waals surface area contributed by atoms with Gasteiger partial charge >= 0.3 is 0 Å². The molecule has 1 N–H and O–H groups in total. The molecule has 0 radical (unpaired) electrons. The summed E-state index contributed by atoms with van der Waals surface area (Å²) < 4.78 is 24.9. The maximum Gasteiger partial charge on any atom is 0.129 e. The Balaban J connectivity index is 2.09. The highest BCUT2D eigenvalue weighted by Crippen LogP contribution is 2.24. The Bertz CT molecular complexity index is 611. The summed E-state index contributed by atoms with van der Waals surface area (Å²) in [6, 6.07) is 11.7. The number of benzene rings is 2. The van der Waals surface area contributed by atoms with Crippen LogP contribution in [0.2, 0.25) is 0 Å². The number of ether oxygens (including phenoxy) is 2. The maximum absolute atomic E-state index is 13.6. The van der Waals surface area contributed by atoms with Crippen LogP contribution in [0.5, 0.6) is 11.5 Å². The number of halogens is 1. The number of aliphatic hydroxyl groups excluding tert-OH is 1. The van der Waals surface area contributed by atoms with Crippen molar-refractivity contribution in [1.82, 2.24) is 0 Å². The number of hydrogen-bond donors (Lipinski definition) is 1. The van der Waals surface area contributed by atoms with Gasteiger partial charge < -0.3 is 14.6 Å². The summed E-state index contributed by atoms with van der Waals surface area (Å²) in [5, 5.41) is 9.32. The lowest BCUT2D eigenvalue weighted by atomic mass is 10.2. The summed E-state index contributed by atoms with van der Waals surface area (Å²) in [5.41, 5.74) is 1.19. The second-order valence-corrected chi connectivity index (χ2v) is 5.56. The Hall–Kier alpha value is -2.07. The summed E-state index contributed by atoms with van der Waals surface area (Å²) in [6.45, 7) is 4.73. The molecular weight excluding hydrogens is 283 g/mol. The number of aliphatic hydroxyl groups is 1. The van der Waals surface area contributed by atoms with E-state index in [0.29, 0.717) is 35.2 Å². The van der Waals surface area contributed by atoms with Crippen molar-refractivity contribution in [2.75, 3.05) is 6.61 Å². The van der Waals surface area contributed by atoms with Gasteiger partial charge in [0, 0.05) is 11.6 Å². The van der Waals surface area contributed by atoms with E-state index in [9.17, 15) is 9.50 Å². The smallest absolute Gasteiger partial charge is 0.129 e. The predicted molar refractivity (Wildman–Crippen MR) is 83.4 cm³/mol. The first-order valence-corrected chi connectivity index (χ1v) is 7.32. The van der Waals surface area contributed by atoms with Crippen molar-refractivity contribution in [3.63, 3.8) is 0 Å². The standard InChI is InChI=1S/C18H21FO3/c1-13(2)11-21-16-7-14(10-20)8-17(9-16)22-12-15-5-3-4-6-18(15)19/h3-9,13,20H,10-12H2,1-2H3. The van der Waals surface area contributed by atoms with Crippen molar-refractivity contribution < 1.29 is 19.0 Å². The summed E-state index contributed by atoms with van der Waals surface area (Å²) in [6.07, 6.45) is 0. The van der Waals surface area contributed by atoms with Crippen molar-refractivity contribution in [2.24, 2.45) is 5.92 Å². The lowest BCUT2D eigenvalue weighted by Gasteiger charge is -2.13. The molecule has 22 heavy (non-hydrogen) atoms. The molecular formula is C18H21FO3. The zero-order chi connectivity index (χ0) is 15.9. The largest absolute Gasteiger partial charge is 0.493 e.